The normalized spacial score (nSPS) is 24.9. The summed E-state index contributed by atoms with van der Waals surface area (Å²) in [5.74, 6) is -1.35. The molecule has 0 aliphatic carbocycles. The minimum atomic E-state index is -2.58. The lowest BCUT2D eigenvalue weighted by Gasteiger charge is -2.48. The first-order chi connectivity index (χ1) is 51.3. The van der Waals surface area contributed by atoms with E-state index in [-0.39, 0.29) is 88.3 Å². The summed E-state index contributed by atoms with van der Waals surface area (Å²) in [5.41, 5.74) is 6.34. The first-order valence-corrected chi connectivity index (χ1v) is 38.6. The maximum absolute atomic E-state index is 14.9. The van der Waals surface area contributed by atoms with Crippen LogP contribution in [-0.4, -0.2) is 144 Å². The van der Waals surface area contributed by atoms with Crippen LogP contribution in [0.4, 0.5) is 0 Å². The molecule has 11 rings (SSSR count). The molecular weight excluding hydrogens is 1350 g/mol. The summed E-state index contributed by atoms with van der Waals surface area (Å²) in [6.45, 7) is 17.3. The van der Waals surface area contributed by atoms with E-state index in [1.165, 1.54) is 0 Å². The lowest BCUT2D eigenvalue weighted by atomic mass is 9.96. The van der Waals surface area contributed by atoms with E-state index in [2.05, 4.69) is 48.1 Å². The molecule has 105 heavy (non-hydrogen) atoms. The fourth-order valence-corrected chi connectivity index (χ4v) is 19.7. The molecule has 3 heterocycles. The molecule has 0 spiro atoms. The zero-order chi connectivity index (χ0) is 73.3. The van der Waals surface area contributed by atoms with E-state index in [1.54, 1.807) is 54.6 Å². The Labute approximate surface area is 618 Å². The van der Waals surface area contributed by atoms with E-state index in [0.717, 1.165) is 33.4 Å². The predicted molar refractivity (Wildman–Crippen MR) is 398 cm³/mol. The third-order valence-corrected chi connectivity index (χ3v) is 25.5. The number of benzene rings is 8. The number of hydrogen-bond donors (Lipinski definition) is 1. The van der Waals surface area contributed by atoms with Crippen molar-refractivity contribution in [2.24, 2.45) is 0 Å². The van der Waals surface area contributed by atoms with Crippen molar-refractivity contribution in [3.63, 3.8) is 0 Å². The number of carbonyl (C=O) groups is 2. The van der Waals surface area contributed by atoms with Crippen molar-refractivity contribution in [2.45, 2.75) is 190 Å². The van der Waals surface area contributed by atoms with E-state index in [1.807, 2.05) is 194 Å². The van der Waals surface area contributed by atoms with Gasteiger partial charge in [-0.15, -0.1) is 6.58 Å². The highest BCUT2D eigenvalue weighted by atomic mass is 28.4. The van der Waals surface area contributed by atoms with Crippen molar-refractivity contribution < 1.29 is 85.4 Å². The second-order valence-corrected chi connectivity index (χ2v) is 33.0. The van der Waals surface area contributed by atoms with Crippen LogP contribution >= 0.6 is 0 Å². The van der Waals surface area contributed by atoms with Gasteiger partial charge in [0.1, 0.15) is 61.0 Å². The van der Waals surface area contributed by atoms with Gasteiger partial charge in [0.2, 0.25) is 0 Å². The highest BCUT2D eigenvalue weighted by Gasteiger charge is 2.56. The molecule has 15 atom stereocenters. The number of ether oxygens (including phenoxy) is 14. The molecule has 0 bridgehead atoms. The van der Waals surface area contributed by atoms with Gasteiger partial charge in [0.15, 0.2) is 39.4 Å². The minimum absolute atomic E-state index is 0.0148. The smallest absolute Gasteiger partial charge is 0.338 e. The summed E-state index contributed by atoms with van der Waals surface area (Å²) < 4.78 is 105. The molecule has 0 saturated carbocycles. The summed E-state index contributed by atoms with van der Waals surface area (Å²) in [4.78, 5) is 29.3. The predicted octanol–water partition coefficient (Wildman–Crippen LogP) is 14.9. The lowest BCUT2D eigenvalue weighted by Crippen LogP contribution is -2.65. The molecule has 3 aliphatic rings. The van der Waals surface area contributed by atoms with E-state index in [0.29, 0.717) is 5.56 Å². The van der Waals surface area contributed by atoms with Crippen LogP contribution in [0.5, 0.6) is 0 Å². The van der Waals surface area contributed by atoms with Gasteiger partial charge in [-0.1, -0.05) is 266 Å². The molecule has 3 aliphatic heterocycles. The Hall–Kier alpha value is -7.90. The van der Waals surface area contributed by atoms with Gasteiger partial charge in [-0.2, -0.15) is 0 Å². The van der Waals surface area contributed by atoms with Crippen molar-refractivity contribution in [3.05, 3.63) is 300 Å². The molecule has 8 aromatic rings. The van der Waals surface area contributed by atoms with E-state index in [4.69, 9.17) is 70.7 Å². The number of carbonyl (C=O) groups excluding carboxylic acids is 2. The molecule has 19 heteroatoms. The quantitative estimate of drug-likeness (QED) is 0.0219. The molecule has 0 radical (unpaired) electrons. The molecule has 3 saturated heterocycles. The van der Waals surface area contributed by atoms with Crippen LogP contribution in [0.3, 0.4) is 0 Å². The van der Waals surface area contributed by atoms with Crippen molar-refractivity contribution in [1.29, 1.82) is 0 Å². The Bertz CT molecular complexity index is 3790. The van der Waals surface area contributed by atoms with Gasteiger partial charge in [-0.05, 0) is 74.3 Å². The van der Waals surface area contributed by atoms with Crippen LogP contribution in [0.25, 0.3) is 0 Å². The maximum Gasteiger partial charge on any atom is 0.338 e. The minimum Gasteiger partial charge on any atom is -0.450 e. The highest BCUT2D eigenvalue weighted by molar-refractivity contribution is 6.77. The van der Waals surface area contributed by atoms with Crippen molar-refractivity contribution in [3.8, 4) is 0 Å². The standard InChI is InChI=1S/C86H100O18Si/c1-8-49-90-85-80(103-82(88)68-45-29-15-30-46-68)78(95-54-66-41-25-13-26-42-66)76(93-52-64-37-21-11-22-38-64)71(101-85)57-98-86-81(104-83(89)69-47-31-16-32-48-69)79(96-55-67-43-27-14-28-44-67)75(92-51-63-35-19-10-20-36-63)70(102-86)56-97-84-73(87)77(94-53-65-39-23-12-24-40-65)74(91-50-62-33-17-9-18-34-62)72(100-84)58-99-105(59(2)3,60(4)5)61(6)7/h8-48,59-61,70-81,84-87H,1,49-58H2,2-7H3/t70-,71-,72-,73+,74-,75-,76-,77-,78+,79+,80+,81+,84+,85+,86+/m1/s1. The zero-order valence-electron chi connectivity index (χ0n) is 60.7. The summed E-state index contributed by atoms with van der Waals surface area (Å²) in [5, 5.41) is 13.0. The molecule has 3 fully saturated rings. The number of hydrogen-bond acceptors (Lipinski definition) is 18. The Balaban J connectivity index is 0.991. The lowest BCUT2D eigenvalue weighted by molar-refractivity contribution is -0.353. The summed E-state index contributed by atoms with van der Waals surface area (Å²) in [7, 11) is -2.58. The highest BCUT2D eigenvalue weighted by Crippen LogP contribution is 2.44. The third kappa shape index (κ3) is 21.3. The van der Waals surface area contributed by atoms with Gasteiger partial charge in [-0.25, -0.2) is 9.59 Å². The van der Waals surface area contributed by atoms with Crippen LogP contribution < -0.4 is 0 Å². The average molecular weight is 1450 g/mol. The topological polar surface area (TPSA) is 193 Å². The van der Waals surface area contributed by atoms with Crippen LogP contribution in [0.2, 0.25) is 16.6 Å². The number of aliphatic hydroxyl groups is 1. The maximum atomic E-state index is 14.9. The fraction of sp³-hybridized carbons (Fsp3) is 0.395. The number of rotatable bonds is 37. The molecule has 1 N–H and O–H groups in total. The van der Waals surface area contributed by atoms with Gasteiger partial charge >= 0.3 is 11.9 Å². The van der Waals surface area contributed by atoms with Gasteiger partial charge in [0.05, 0.1) is 77.2 Å². The van der Waals surface area contributed by atoms with Gasteiger partial charge in [0.25, 0.3) is 0 Å². The second kappa shape index (κ2) is 39.6. The van der Waals surface area contributed by atoms with Crippen molar-refractivity contribution >= 4 is 20.3 Å². The molecule has 0 unspecified atom stereocenters. The third-order valence-electron chi connectivity index (χ3n) is 19.4. The van der Waals surface area contributed by atoms with E-state index >= 15 is 0 Å². The number of aliphatic hydroxyl groups excluding tert-OH is 1. The Morgan fingerprint density at radius 3 is 0.943 bits per heavy atom. The molecule has 0 aromatic heterocycles. The Morgan fingerprint density at radius 1 is 0.352 bits per heavy atom. The summed E-state index contributed by atoms with van der Waals surface area (Å²) in [6.07, 6.45) is -16.1. The second-order valence-electron chi connectivity index (χ2n) is 27.6. The molecule has 18 nitrogen and oxygen atoms in total. The number of esters is 2. The van der Waals surface area contributed by atoms with Gasteiger partial charge < -0.3 is 75.8 Å². The van der Waals surface area contributed by atoms with Crippen LogP contribution in [0.1, 0.15) is 95.6 Å². The van der Waals surface area contributed by atoms with Crippen LogP contribution in [0.15, 0.2) is 255 Å². The SMILES string of the molecule is C=CCO[C@H]1O[C@H](CO[C@H]2O[C@H](CO[C@H]3O[C@H](CO[Si](C(C)C)(C(C)C)C(C)C)[C@@H](OCc4ccccc4)[C@H](OCc4ccccc4)[C@@H]3O)[C@@H](OCc3ccccc3)[C@H](OCc3ccccc3)[C@@H]2OC(=O)c2ccccc2)[C@@H](OCc2ccccc2)[C@H](OCc2ccccc2)[C@@H]1OC(=O)c1ccccc1. The van der Waals surface area contributed by atoms with E-state index < -0.39 is 112 Å². The van der Waals surface area contributed by atoms with Gasteiger partial charge in [-0.3, -0.25) is 0 Å². The van der Waals surface area contributed by atoms with E-state index in [9.17, 15) is 14.7 Å². The fourth-order valence-electron chi connectivity index (χ4n) is 14.3. The average Bonchev–Trinajstić information content (AvgIpc) is 0.780. The molecular formula is C86H100O18Si. The molecule has 556 valence electrons. The zero-order valence-corrected chi connectivity index (χ0v) is 61.7. The van der Waals surface area contributed by atoms with Crippen molar-refractivity contribution in [1.82, 2.24) is 0 Å². The first kappa shape index (κ1) is 78.2. The van der Waals surface area contributed by atoms with Crippen molar-refractivity contribution in [2.75, 3.05) is 26.4 Å². The molecule has 8 aromatic carbocycles. The van der Waals surface area contributed by atoms with Gasteiger partial charge in [0, 0.05) is 0 Å². The summed E-state index contributed by atoms with van der Waals surface area (Å²) >= 11 is 0. The largest absolute Gasteiger partial charge is 0.450 e. The Morgan fingerprint density at radius 2 is 0.619 bits per heavy atom. The summed E-state index contributed by atoms with van der Waals surface area (Å²) in [6, 6.07) is 75.4. The monoisotopic (exact) mass is 1450 g/mol. The van der Waals surface area contributed by atoms with Crippen LogP contribution in [0, 0.1) is 0 Å². The van der Waals surface area contributed by atoms with Crippen LogP contribution in [-0.2, 0) is 110 Å². The molecule has 0 amide bonds. The first-order valence-electron chi connectivity index (χ1n) is 36.5. The Kier molecular flexibility index (Phi) is 29.5.